The Balaban J connectivity index is 1.24. The van der Waals surface area contributed by atoms with Crippen molar-refractivity contribution in [2.24, 2.45) is 17.8 Å². The van der Waals surface area contributed by atoms with Crippen LogP contribution >= 0.6 is 0 Å². The maximum absolute atomic E-state index is 12.1. The number of likely N-dealkylation sites (tertiary alicyclic amines) is 1. The molecule has 1 N–H and O–H groups in total. The first-order chi connectivity index (χ1) is 13.2. The lowest BCUT2D eigenvalue weighted by Gasteiger charge is -2.50. The van der Waals surface area contributed by atoms with E-state index in [4.69, 9.17) is 0 Å². The topological polar surface area (TPSA) is 32.3 Å². The van der Waals surface area contributed by atoms with E-state index in [0.29, 0.717) is 11.3 Å². The lowest BCUT2D eigenvalue weighted by molar-refractivity contribution is -0.119. The first-order valence-electron chi connectivity index (χ1n) is 11.3. The molecule has 2 bridgehead atoms. The molecule has 3 aliphatic carbocycles. The zero-order valence-electron chi connectivity index (χ0n) is 16.3. The lowest BCUT2D eigenvalue weighted by Crippen LogP contribution is -2.50. The van der Waals surface area contributed by atoms with Crippen molar-refractivity contribution in [2.75, 3.05) is 13.1 Å². The quantitative estimate of drug-likeness (QED) is 0.811. The summed E-state index contributed by atoms with van der Waals surface area (Å²) in [4.78, 5) is 14.9. The first kappa shape index (κ1) is 16.6. The van der Waals surface area contributed by atoms with Gasteiger partial charge in [-0.3, -0.25) is 4.79 Å². The molecule has 5 aliphatic rings. The number of carbonyl (C=O) groups excluding carboxylic acids is 1. The van der Waals surface area contributed by atoms with Gasteiger partial charge in [0.05, 0.1) is 6.04 Å². The van der Waals surface area contributed by atoms with Gasteiger partial charge in [-0.15, -0.1) is 0 Å². The summed E-state index contributed by atoms with van der Waals surface area (Å²) in [6.07, 6.45) is 11.9. The summed E-state index contributed by atoms with van der Waals surface area (Å²) < 4.78 is 0. The largest absolute Gasteiger partial charge is 0.349 e. The second kappa shape index (κ2) is 6.07. The highest BCUT2D eigenvalue weighted by Crippen LogP contribution is 2.53. The standard InChI is InChI=1S/C24H32N2O/c27-22-14-18-15-24(21-4-2-1-3-20(21)23(18)25-22)7-9-26(10-8-24)19-12-16-5-6-17(11-16)13-19/h1-4,16-19,23H,5-15H2,(H,25,27)/t16-,17-,18?,23?/m1/s1. The monoisotopic (exact) mass is 364 g/mol. The zero-order chi connectivity index (χ0) is 18.0. The van der Waals surface area contributed by atoms with Gasteiger partial charge in [-0.2, -0.15) is 0 Å². The number of hydrogen-bond acceptors (Lipinski definition) is 2. The Morgan fingerprint density at radius 1 is 1.00 bits per heavy atom. The van der Waals surface area contributed by atoms with Crippen LogP contribution in [0.4, 0.5) is 0 Å². The van der Waals surface area contributed by atoms with E-state index in [9.17, 15) is 4.79 Å². The van der Waals surface area contributed by atoms with E-state index in [2.05, 4.69) is 34.5 Å². The molecule has 0 radical (unpaired) electrons. The molecular formula is C24H32N2O. The SMILES string of the molecule is O=C1CC2CC3(CCN(C4C[C@@H]5CC[C@@H](C4)C5)CC3)c3ccccc3C2N1. The summed E-state index contributed by atoms with van der Waals surface area (Å²) in [6.45, 7) is 2.52. The Kier molecular flexibility index (Phi) is 3.73. The summed E-state index contributed by atoms with van der Waals surface area (Å²) in [6, 6.07) is 10.1. The molecule has 3 heteroatoms. The molecule has 3 nitrogen and oxygen atoms in total. The third kappa shape index (κ3) is 2.61. The van der Waals surface area contributed by atoms with Crippen LogP contribution in [0, 0.1) is 17.8 Å². The Morgan fingerprint density at radius 2 is 1.74 bits per heavy atom. The van der Waals surface area contributed by atoms with Gasteiger partial charge in [0.1, 0.15) is 0 Å². The summed E-state index contributed by atoms with van der Waals surface area (Å²) in [5.74, 6) is 2.81. The molecule has 2 heterocycles. The van der Waals surface area contributed by atoms with Crippen LogP contribution in [-0.4, -0.2) is 29.9 Å². The first-order valence-corrected chi connectivity index (χ1v) is 11.3. The fraction of sp³-hybridized carbons (Fsp3) is 0.708. The highest BCUT2D eigenvalue weighted by molar-refractivity contribution is 5.80. The van der Waals surface area contributed by atoms with Crippen molar-refractivity contribution in [2.45, 2.75) is 75.3 Å². The summed E-state index contributed by atoms with van der Waals surface area (Å²) >= 11 is 0. The second-order valence-electron chi connectivity index (χ2n) is 10.3. The molecule has 2 unspecified atom stereocenters. The molecule has 27 heavy (non-hydrogen) atoms. The van der Waals surface area contributed by atoms with Crippen LogP contribution in [0.1, 0.15) is 75.0 Å². The molecular weight excluding hydrogens is 332 g/mol. The van der Waals surface area contributed by atoms with Gasteiger partial charge in [0.2, 0.25) is 5.91 Å². The van der Waals surface area contributed by atoms with Crippen LogP contribution in [0.5, 0.6) is 0 Å². The van der Waals surface area contributed by atoms with E-state index in [1.165, 1.54) is 70.0 Å². The minimum Gasteiger partial charge on any atom is -0.349 e. The minimum absolute atomic E-state index is 0.256. The molecule has 6 rings (SSSR count). The number of amides is 1. The highest BCUT2D eigenvalue weighted by Gasteiger charge is 2.49. The van der Waals surface area contributed by atoms with Crippen LogP contribution in [0.2, 0.25) is 0 Å². The van der Waals surface area contributed by atoms with Gasteiger partial charge < -0.3 is 10.2 Å². The van der Waals surface area contributed by atoms with Crippen LogP contribution in [0.25, 0.3) is 0 Å². The summed E-state index contributed by atoms with van der Waals surface area (Å²) in [7, 11) is 0. The van der Waals surface area contributed by atoms with E-state index in [1.807, 2.05) is 0 Å². The normalized spacial score (nSPS) is 39.9. The zero-order valence-corrected chi connectivity index (χ0v) is 16.3. The molecule has 1 spiro atoms. The molecule has 0 aromatic heterocycles. The van der Waals surface area contributed by atoms with Gasteiger partial charge in [0.15, 0.2) is 0 Å². The van der Waals surface area contributed by atoms with Gasteiger partial charge in [-0.25, -0.2) is 0 Å². The van der Waals surface area contributed by atoms with Crippen molar-refractivity contribution < 1.29 is 4.79 Å². The van der Waals surface area contributed by atoms with Crippen molar-refractivity contribution in [1.82, 2.24) is 10.2 Å². The van der Waals surface area contributed by atoms with Crippen LogP contribution in [0.3, 0.4) is 0 Å². The Labute approximate surface area is 162 Å². The number of nitrogens with one attached hydrogen (secondary N) is 1. The van der Waals surface area contributed by atoms with Crippen LogP contribution in [-0.2, 0) is 10.2 Å². The average Bonchev–Trinajstić information content (AvgIpc) is 3.23. The second-order valence-corrected chi connectivity index (χ2v) is 10.3. The van der Waals surface area contributed by atoms with Gasteiger partial charge in [0.25, 0.3) is 0 Å². The third-order valence-electron chi connectivity index (χ3n) is 8.89. The molecule has 4 fully saturated rings. The molecule has 1 aromatic carbocycles. The molecule has 4 atom stereocenters. The number of nitrogens with zero attached hydrogens (tertiary/aromatic N) is 1. The van der Waals surface area contributed by atoms with Crippen molar-refractivity contribution in [3.63, 3.8) is 0 Å². The summed E-state index contributed by atoms with van der Waals surface area (Å²) in [5, 5.41) is 3.26. The van der Waals surface area contributed by atoms with E-state index < -0.39 is 0 Å². The van der Waals surface area contributed by atoms with Crippen molar-refractivity contribution in [3.8, 4) is 0 Å². The van der Waals surface area contributed by atoms with Gasteiger partial charge in [-0.05, 0) is 85.9 Å². The number of rotatable bonds is 1. The van der Waals surface area contributed by atoms with E-state index >= 15 is 0 Å². The van der Waals surface area contributed by atoms with E-state index in [-0.39, 0.29) is 11.9 Å². The fourth-order valence-corrected chi connectivity index (χ4v) is 7.65. The van der Waals surface area contributed by atoms with Crippen LogP contribution < -0.4 is 5.32 Å². The molecule has 1 aromatic rings. The fourth-order valence-electron chi connectivity index (χ4n) is 7.65. The number of hydrogen-bond donors (Lipinski definition) is 1. The van der Waals surface area contributed by atoms with Gasteiger partial charge in [-0.1, -0.05) is 37.1 Å². The summed E-state index contributed by atoms with van der Waals surface area (Å²) in [5.41, 5.74) is 3.29. The maximum atomic E-state index is 12.1. The Hall–Kier alpha value is -1.35. The average molecular weight is 365 g/mol. The van der Waals surface area contributed by atoms with Gasteiger partial charge in [0, 0.05) is 12.5 Å². The van der Waals surface area contributed by atoms with Crippen molar-refractivity contribution >= 4 is 5.91 Å². The Morgan fingerprint density at radius 3 is 2.52 bits per heavy atom. The third-order valence-corrected chi connectivity index (χ3v) is 8.89. The van der Waals surface area contributed by atoms with E-state index in [1.54, 1.807) is 5.56 Å². The molecule has 2 saturated carbocycles. The molecule has 2 aliphatic heterocycles. The number of benzene rings is 1. The van der Waals surface area contributed by atoms with Crippen molar-refractivity contribution in [1.29, 1.82) is 0 Å². The smallest absolute Gasteiger partial charge is 0.220 e. The Bertz CT molecular complexity index is 739. The van der Waals surface area contributed by atoms with Crippen molar-refractivity contribution in [3.05, 3.63) is 35.4 Å². The van der Waals surface area contributed by atoms with Gasteiger partial charge >= 0.3 is 0 Å². The number of fused-ring (bicyclic) bond motifs is 6. The number of carbonyl (C=O) groups is 1. The van der Waals surface area contributed by atoms with Crippen LogP contribution in [0.15, 0.2) is 24.3 Å². The molecule has 2 saturated heterocycles. The molecule has 144 valence electrons. The van der Waals surface area contributed by atoms with E-state index in [0.717, 1.165) is 24.3 Å². The maximum Gasteiger partial charge on any atom is 0.220 e. The lowest BCUT2D eigenvalue weighted by atomic mass is 9.60. The highest BCUT2D eigenvalue weighted by atomic mass is 16.2. The predicted molar refractivity (Wildman–Crippen MR) is 106 cm³/mol. The predicted octanol–water partition coefficient (Wildman–Crippen LogP) is 4.18. The molecule has 1 amide bonds. The minimum atomic E-state index is 0.256. The number of piperidine rings is 1.